The van der Waals surface area contributed by atoms with Crippen LogP contribution in [0.4, 0.5) is 5.69 Å². The van der Waals surface area contributed by atoms with Crippen molar-refractivity contribution in [2.45, 2.75) is 25.8 Å². The normalized spacial score (nSPS) is 13.2. The first-order valence-corrected chi connectivity index (χ1v) is 7.37. The van der Waals surface area contributed by atoms with E-state index < -0.39 is 0 Å². The lowest BCUT2D eigenvalue weighted by Crippen LogP contribution is -2.40. The van der Waals surface area contributed by atoms with Crippen molar-refractivity contribution in [3.8, 4) is 17.2 Å². The number of nitrogens with one attached hydrogen (secondary N) is 1. The quantitative estimate of drug-likeness (QED) is 0.820. The fraction of sp³-hybridized carbons (Fsp3) is 0.500. The van der Waals surface area contributed by atoms with E-state index in [0.717, 1.165) is 12.8 Å². The molecule has 2 rings (SSSR count). The standard InChI is InChI=1S/C16H22N2O5/c1-10(19)18(9-15(20)17-11-5-6-11)12-7-13(21-2)16(23-4)14(8-12)22-3/h7-8,11H,5-6,9H2,1-4H3,(H,17,20). The molecule has 0 bridgehead atoms. The number of rotatable bonds is 7. The average Bonchev–Trinajstić information content (AvgIpc) is 3.34. The number of carbonyl (C=O) groups is 2. The Morgan fingerprint density at radius 3 is 2.09 bits per heavy atom. The zero-order chi connectivity index (χ0) is 17.0. The van der Waals surface area contributed by atoms with E-state index in [0.29, 0.717) is 22.9 Å². The third-order valence-corrected chi connectivity index (χ3v) is 3.59. The van der Waals surface area contributed by atoms with E-state index in [1.165, 1.54) is 33.2 Å². The second-order valence-corrected chi connectivity index (χ2v) is 5.33. The Bertz CT molecular complexity index is 573. The maximum absolute atomic E-state index is 12.0. The molecular weight excluding hydrogens is 300 g/mol. The largest absolute Gasteiger partial charge is 0.493 e. The van der Waals surface area contributed by atoms with Crippen molar-refractivity contribution < 1.29 is 23.8 Å². The minimum atomic E-state index is -0.245. The molecule has 0 unspecified atom stereocenters. The lowest BCUT2D eigenvalue weighted by molar-refractivity contribution is -0.123. The fourth-order valence-corrected chi connectivity index (χ4v) is 2.25. The van der Waals surface area contributed by atoms with Crippen molar-refractivity contribution in [3.63, 3.8) is 0 Å². The van der Waals surface area contributed by atoms with E-state index in [1.54, 1.807) is 12.1 Å². The van der Waals surface area contributed by atoms with Gasteiger partial charge in [-0.05, 0) is 12.8 Å². The molecule has 0 heterocycles. The molecule has 1 saturated carbocycles. The Balaban J connectivity index is 2.30. The molecule has 7 nitrogen and oxygen atoms in total. The molecule has 0 aliphatic heterocycles. The van der Waals surface area contributed by atoms with Crippen molar-refractivity contribution in [2.24, 2.45) is 0 Å². The van der Waals surface area contributed by atoms with Gasteiger partial charge in [0.25, 0.3) is 0 Å². The van der Waals surface area contributed by atoms with Crippen LogP contribution < -0.4 is 24.4 Å². The summed E-state index contributed by atoms with van der Waals surface area (Å²) in [6, 6.07) is 3.54. The summed E-state index contributed by atoms with van der Waals surface area (Å²) in [6.45, 7) is 1.36. The Kier molecular flexibility index (Phi) is 5.31. The van der Waals surface area contributed by atoms with Gasteiger partial charge < -0.3 is 24.4 Å². The van der Waals surface area contributed by atoms with Gasteiger partial charge in [0.2, 0.25) is 17.6 Å². The number of methoxy groups -OCH3 is 3. The van der Waals surface area contributed by atoms with Gasteiger partial charge in [-0.25, -0.2) is 0 Å². The fourth-order valence-electron chi connectivity index (χ4n) is 2.25. The number of amides is 2. The zero-order valence-corrected chi connectivity index (χ0v) is 13.8. The van der Waals surface area contributed by atoms with Gasteiger partial charge in [0.15, 0.2) is 11.5 Å². The molecule has 1 aliphatic carbocycles. The van der Waals surface area contributed by atoms with Crippen LogP contribution in [0, 0.1) is 0 Å². The van der Waals surface area contributed by atoms with Crippen LogP contribution in [0.15, 0.2) is 12.1 Å². The highest BCUT2D eigenvalue weighted by Gasteiger charge is 2.26. The van der Waals surface area contributed by atoms with Crippen molar-refractivity contribution >= 4 is 17.5 Å². The molecule has 1 fully saturated rings. The van der Waals surface area contributed by atoms with E-state index in [-0.39, 0.29) is 24.4 Å². The van der Waals surface area contributed by atoms with Crippen LogP contribution in [0.5, 0.6) is 17.2 Å². The molecule has 0 saturated heterocycles. The Labute approximate surface area is 135 Å². The van der Waals surface area contributed by atoms with Gasteiger partial charge in [-0.15, -0.1) is 0 Å². The molecule has 1 aromatic carbocycles. The lowest BCUT2D eigenvalue weighted by Gasteiger charge is -2.23. The van der Waals surface area contributed by atoms with Crippen molar-refractivity contribution in [2.75, 3.05) is 32.8 Å². The molecule has 2 amide bonds. The van der Waals surface area contributed by atoms with E-state index in [9.17, 15) is 9.59 Å². The van der Waals surface area contributed by atoms with E-state index in [4.69, 9.17) is 14.2 Å². The van der Waals surface area contributed by atoms with E-state index in [1.807, 2.05) is 0 Å². The number of hydrogen-bond acceptors (Lipinski definition) is 5. The van der Waals surface area contributed by atoms with Gasteiger partial charge in [0.1, 0.15) is 6.54 Å². The molecule has 0 atom stereocenters. The summed E-state index contributed by atoms with van der Waals surface area (Å²) in [7, 11) is 4.50. The molecule has 1 aromatic rings. The first-order chi connectivity index (χ1) is 11.0. The van der Waals surface area contributed by atoms with Gasteiger partial charge in [-0.2, -0.15) is 0 Å². The Morgan fingerprint density at radius 2 is 1.70 bits per heavy atom. The second-order valence-electron chi connectivity index (χ2n) is 5.33. The van der Waals surface area contributed by atoms with Crippen LogP contribution in [0.1, 0.15) is 19.8 Å². The predicted molar refractivity (Wildman–Crippen MR) is 85.3 cm³/mol. The summed E-state index contributed by atoms with van der Waals surface area (Å²) in [5.41, 5.74) is 0.512. The summed E-state index contributed by atoms with van der Waals surface area (Å²) >= 11 is 0. The topological polar surface area (TPSA) is 77.1 Å². The van der Waals surface area contributed by atoms with E-state index in [2.05, 4.69) is 5.32 Å². The SMILES string of the molecule is COc1cc(N(CC(=O)NC2CC2)C(C)=O)cc(OC)c1OC. The smallest absolute Gasteiger partial charge is 0.240 e. The van der Waals surface area contributed by atoms with Crippen LogP contribution in [-0.2, 0) is 9.59 Å². The average molecular weight is 322 g/mol. The first kappa shape index (κ1) is 16.9. The highest BCUT2D eigenvalue weighted by atomic mass is 16.5. The highest BCUT2D eigenvalue weighted by Crippen LogP contribution is 2.41. The number of carbonyl (C=O) groups excluding carboxylic acids is 2. The van der Waals surface area contributed by atoms with Gasteiger partial charge in [0.05, 0.1) is 27.0 Å². The second kappa shape index (κ2) is 7.21. The summed E-state index contributed by atoms with van der Waals surface area (Å²) in [5.74, 6) is 0.859. The van der Waals surface area contributed by atoms with Crippen molar-refractivity contribution in [1.82, 2.24) is 5.32 Å². The Hall–Kier alpha value is -2.44. The molecule has 0 radical (unpaired) electrons. The molecule has 126 valence electrons. The maximum atomic E-state index is 12.0. The molecular formula is C16H22N2O5. The summed E-state index contributed by atoms with van der Waals surface area (Å²) in [6.07, 6.45) is 1.99. The monoisotopic (exact) mass is 322 g/mol. The molecule has 23 heavy (non-hydrogen) atoms. The summed E-state index contributed by atoms with van der Waals surface area (Å²) in [5, 5.41) is 2.87. The minimum absolute atomic E-state index is 0.0511. The van der Waals surface area contributed by atoms with Crippen LogP contribution in [0.2, 0.25) is 0 Å². The lowest BCUT2D eigenvalue weighted by atomic mass is 10.2. The first-order valence-electron chi connectivity index (χ1n) is 7.37. The number of benzene rings is 1. The van der Waals surface area contributed by atoms with E-state index >= 15 is 0 Å². The number of ether oxygens (including phenoxy) is 3. The zero-order valence-electron chi connectivity index (χ0n) is 13.8. The maximum Gasteiger partial charge on any atom is 0.240 e. The van der Waals surface area contributed by atoms with Crippen LogP contribution in [-0.4, -0.2) is 45.7 Å². The third kappa shape index (κ3) is 4.06. The van der Waals surface area contributed by atoms with Gasteiger partial charge in [-0.3, -0.25) is 9.59 Å². The molecule has 0 aromatic heterocycles. The van der Waals surface area contributed by atoms with Crippen molar-refractivity contribution in [1.29, 1.82) is 0 Å². The van der Waals surface area contributed by atoms with Gasteiger partial charge in [0, 0.05) is 25.1 Å². The third-order valence-electron chi connectivity index (χ3n) is 3.59. The molecule has 1 N–H and O–H groups in total. The van der Waals surface area contributed by atoms with Crippen LogP contribution >= 0.6 is 0 Å². The molecule has 7 heteroatoms. The van der Waals surface area contributed by atoms with Crippen molar-refractivity contribution in [3.05, 3.63) is 12.1 Å². The number of hydrogen-bond donors (Lipinski definition) is 1. The van der Waals surface area contributed by atoms with Crippen LogP contribution in [0.3, 0.4) is 0 Å². The highest BCUT2D eigenvalue weighted by molar-refractivity contribution is 5.98. The van der Waals surface area contributed by atoms with Gasteiger partial charge in [-0.1, -0.05) is 0 Å². The molecule has 1 aliphatic rings. The number of anilines is 1. The van der Waals surface area contributed by atoms with Gasteiger partial charge >= 0.3 is 0 Å². The Morgan fingerprint density at radius 1 is 1.13 bits per heavy atom. The molecule has 0 spiro atoms. The summed E-state index contributed by atoms with van der Waals surface area (Å²) in [4.78, 5) is 25.4. The van der Waals surface area contributed by atoms with Crippen LogP contribution in [0.25, 0.3) is 0 Å². The minimum Gasteiger partial charge on any atom is -0.493 e. The predicted octanol–water partition coefficient (Wildman–Crippen LogP) is 1.34. The summed E-state index contributed by atoms with van der Waals surface area (Å²) < 4.78 is 15.8. The number of nitrogens with zero attached hydrogens (tertiary/aromatic N) is 1.